The molecular formula is C10H18N4O2. The first-order valence-corrected chi connectivity index (χ1v) is 5.38. The standard InChI is InChI=1S/C10H18N4O2/c11-9-6-13-14(7-9)8-10(16)12-4-2-1-3-5-15/h6-7,15H,1-5,8,11H2,(H,12,16). The molecule has 0 saturated heterocycles. The van der Waals surface area contributed by atoms with E-state index in [9.17, 15) is 4.79 Å². The number of nitrogens with two attached hydrogens (primary N) is 1. The molecule has 6 nitrogen and oxygen atoms in total. The molecule has 0 aliphatic carbocycles. The molecule has 1 aromatic rings. The van der Waals surface area contributed by atoms with Crippen molar-refractivity contribution in [3.63, 3.8) is 0 Å². The number of hydrogen-bond acceptors (Lipinski definition) is 4. The number of nitrogens with one attached hydrogen (secondary N) is 1. The van der Waals surface area contributed by atoms with E-state index in [1.54, 1.807) is 6.20 Å². The van der Waals surface area contributed by atoms with Crippen molar-refractivity contribution in [1.82, 2.24) is 15.1 Å². The number of anilines is 1. The van der Waals surface area contributed by atoms with Crippen LogP contribution in [0.2, 0.25) is 0 Å². The smallest absolute Gasteiger partial charge is 0.241 e. The fourth-order valence-electron chi connectivity index (χ4n) is 1.31. The summed E-state index contributed by atoms with van der Waals surface area (Å²) in [5.41, 5.74) is 6.02. The van der Waals surface area contributed by atoms with E-state index >= 15 is 0 Å². The van der Waals surface area contributed by atoms with Crippen LogP contribution in [0.5, 0.6) is 0 Å². The zero-order valence-corrected chi connectivity index (χ0v) is 9.22. The van der Waals surface area contributed by atoms with Gasteiger partial charge in [0.15, 0.2) is 0 Å². The summed E-state index contributed by atoms with van der Waals surface area (Å²) in [6, 6.07) is 0. The van der Waals surface area contributed by atoms with Gasteiger partial charge in [-0.15, -0.1) is 0 Å². The first kappa shape index (κ1) is 12.5. The summed E-state index contributed by atoms with van der Waals surface area (Å²) >= 11 is 0. The fourth-order valence-corrected chi connectivity index (χ4v) is 1.31. The van der Waals surface area contributed by atoms with Crippen LogP contribution in [0.25, 0.3) is 0 Å². The fraction of sp³-hybridized carbons (Fsp3) is 0.600. The predicted molar refractivity (Wildman–Crippen MR) is 60.6 cm³/mol. The van der Waals surface area contributed by atoms with E-state index in [1.807, 2.05) is 0 Å². The highest BCUT2D eigenvalue weighted by molar-refractivity contribution is 5.75. The van der Waals surface area contributed by atoms with E-state index in [2.05, 4.69) is 10.4 Å². The quantitative estimate of drug-likeness (QED) is 0.559. The molecular weight excluding hydrogens is 208 g/mol. The van der Waals surface area contributed by atoms with Crippen molar-refractivity contribution in [2.45, 2.75) is 25.8 Å². The third-order valence-electron chi connectivity index (χ3n) is 2.12. The number of aliphatic hydroxyl groups excluding tert-OH is 1. The molecule has 4 N–H and O–H groups in total. The summed E-state index contributed by atoms with van der Waals surface area (Å²) in [4.78, 5) is 11.4. The number of hydrogen-bond donors (Lipinski definition) is 3. The molecule has 0 aliphatic rings. The Morgan fingerprint density at radius 2 is 2.31 bits per heavy atom. The largest absolute Gasteiger partial charge is 0.396 e. The van der Waals surface area contributed by atoms with E-state index in [1.165, 1.54) is 10.9 Å². The molecule has 0 radical (unpaired) electrons. The van der Waals surface area contributed by atoms with Crippen molar-refractivity contribution in [3.8, 4) is 0 Å². The number of amides is 1. The van der Waals surface area contributed by atoms with Crippen LogP contribution in [0.4, 0.5) is 5.69 Å². The predicted octanol–water partition coefficient (Wildman–Crippen LogP) is -0.256. The van der Waals surface area contributed by atoms with Gasteiger partial charge in [-0.1, -0.05) is 0 Å². The van der Waals surface area contributed by atoms with Crippen LogP contribution in [0, 0.1) is 0 Å². The Balaban J connectivity index is 2.11. The molecule has 0 aliphatic heterocycles. The highest BCUT2D eigenvalue weighted by Gasteiger charge is 2.02. The second kappa shape index (κ2) is 6.84. The summed E-state index contributed by atoms with van der Waals surface area (Å²) in [6.45, 7) is 1.04. The average molecular weight is 226 g/mol. The zero-order chi connectivity index (χ0) is 11.8. The van der Waals surface area contributed by atoms with Crippen LogP contribution < -0.4 is 11.1 Å². The first-order chi connectivity index (χ1) is 7.72. The highest BCUT2D eigenvalue weighted by atomic mass is 16.2. The summed E-state index contributed by atoms with van der Waals surface area (Å²) in [6.07, 6.45) is 5.71. The lowest BCUT2D eigenvalue weighted by atomic mass is 10.2. The molecule has 0 aromatic carbocycles. The molecule has 0 bridgehead atoms. The molecule has 1 heterocycles. The van der Waals surface area contributed by atoms with Crippen LogP contribution in [0.3, 0.4) is 0 Å². The Morgan fingerprint density at radius 1 is 1.50 bits per heavy atom. The van der Waals surface area contributed by atoms with Crippen molar-refractivity contribution < 1.29 is 9.90 Å². The maximum absolute atomic E-state index is 11.4. The number of nitrogens with zero attached hydrogens (tertiary/aromatic N) is 2. The van der Waals surface area contributed by atoms with Gasteiger partial charge in [0.1, 0.15) is 6.54 Å². The molecule has 0 fully saturated rings. The van der Waals surface area contributed by atoms with E-state index < -0.39 is 0 Å². The van der Waals surface area contributed by atoms with Gasteiger partial charge in [0.05, 0.1) is 11.9 Å². The SMILES string of the molecule is Nc1cnn(CC(=O)NCCCCCO)c1. The maximum Gasteiger partial charge on any atom is 0.241 e. The van der Waals surface area contributed by atoms with Crippen molar-refractivity contribution in [1.29, 1.82) is 0 Å². The Hall–Kier alpha value is -1.56. The van der Waals surface area contributed by atoms with Crippen LogP contribution >= 0.6 is 0 Å². The monoisotopic (exact) mass is 226 g/mol. The van der Waals surface area contributed by atoms with Crippen LogP contribution in [-0.4, -0.2) is 33.9 Å². The van der Waals surface area contributed by atoms with Gasteiger partial charge < -0.3 is 16.2 Å². The third kappa shape index (κ3) is 4.79. The molecule has 90 valence electrons. The van der Waals surface area contributed by atoms with Gasteiger partial charge in [-0.25, -0.2) is 0 Å². The molecule has 0 atom stereocenters. The van der Waals surface area contributed by atoms with Gasteiger partial charge in [-0.3, -0.25) is 9.48 Å². The second-order valence-corrected chi connectivity index (χ2v) is 3.61. The molecule has 0 unspecified atom stereocenters. The summed E-state index contributed by atoms with van der Waals surface area (Å²) < 4.78 is 1.50. The number of carbonyl (C=O) groups excluding carboxylic acids is 1. The second-order valence-electron chi connectivity index (χ2n) is 3.61. The van der Waals surface area contributed by atoms with Gasteiger partial charge in [-0.2, -0.15) is 5.10 Å². The summed E-state index contributed by atoms with van der Waals surface area (Å²) in [7, 11) is 0. The lowest BCUT2D eigenvalue weighted by Crippen LogP contribution is -2.28. The number of carbonyl (C=O) groups is 1. The van der Waals surface area contributed by atoms with E-state index in [-0.39, 0.29) is 19.1 Å². The maximum atomic E-state index is 11.4. The Morgan fingerprint density at radius 3 is 2.94 bits per heavy atom. The molecule has 6 heteroatoms. The van der Waals surface area contributed by atoms with E-state index in [0.717, 1.165) is 19.3 Å². The normalized spacial score (nSPS) is 10.3. The van der Waals surface area contributed by atoms with Crippen molar-refractivity contribution in [2.75, 3.05) is 18.9 Å². The molecule has 1 rings (SSSR count). The lowest BCUT2D eigenvalue weighted by molar-refractivity contribution is -0.121. The minimum atomic E-state index is -0.0768. The molecule has 16 heavy (non-hydrogen) atoms. The van der Waals surface area contributed by atoms with Gasteiger partial charge >= 0.3 is 0 Å². The summed E-state index contributed by atoms with van der Waals surface area (Å²) in [5, 5.41) is 15.2. The average Bonchev–Trinajstić information content (AvgIpc) is 2.63. The first-order valence-electron chi connectivity index (χ1n) is 5.38. The number of unbranched alkanes of at least 4 members (excludes halogenated alkanes) is 2. The van der Waals surface area contributed by atoms with Gasteiger partial charge in [0.25, 0.3) is 0 Å². The molecule has 0 spiro atoms. The number of aromatic nitrogens is 2. The number of nitrogen functional groups attached to an aromatic ring is 1. The Kier molecular flexibility index (Phi) is 5.35. The van der Waals surface area contributed by atoms with Gasteiger partial charge in [0, 0.05) is 19.3 Å². The minimum Gasteiger partial charge on any atom is -0.396 e. The van der Waals surface area contributed by atoms with Gasteiger partial charge in [0.2, 0.25) is 5.91 Å². The topological polar surface area (TPSA) is 93.2 Å². The van der Waals surface area contributed by atoms with Crippen molar-refractivity contribution in [3.05, 3.63) is 12.4 Å². The zero-order valence-electron chi connectivity index (χ0n) is 9.22. The molecule has 1 aromatic heterocycles. The van der Waals surface area contributed by atoms with Crippen LogP contribution in [-0.2, 0) is 11.3 Å². The number of aliphatic hydroxyl groups is 1. The Labute approximate surface area is 94.4 Å². The minimum absolute atomic E-state index is 0.0768. The lowest BCUT2D eigenvalue weighted by Gasteiger charge is -2.04. The Bertz CT molecular complexity index is 324. The van der Waals surface area contributed by atoms with Crippen molar-refractivity contribution in [2.24, 2.45) is 0 Å². The third-order valence-corrected chi connectivity index (χ3v) is 2.12. The van der Waals surface area contributed by atoms with Crippen LogP contribution in [0.15, 0.2) is 12.4 Å². The van der Waals surface area contributed by atoms with Crippen LogP contribution in [0.1, 0.15) is 19.3 Å². The highest BCUT2D eigenvalue weighted by Crippen LogP contribution is 1.97. The molecule has 0 saturated carbocycles. The van der Waals surface area contributed by atoms with Gasteiger partial charge in [-0.05, 0) is 19.3 Å². The molecule has 1 amide bonds. The summed E-state index contributed by atoms with van der Waals surface area (Å²) in [5.74, 6) is -0.0768. The number of rotatable bonds is 7. The van der Waals surface area contributed by atoms with E-state index in [0.29, 0.717) is 12.2 Å². The van der Waals surface area contributed by atoms with E-state index in [4.69, 9.17) is 10.8 Å². The van der Waals surface area contributed by atoms with Crippen molar-refractivity contribution >= 4 is 11.6 Å².